The molecule has 4 aliphatic heterocycles. The third kappa shape index (κ3) is 8.45. The van der Waals surface area contributed by atoms with Crippen LogP contribution in [0.1, 0.15) is 123 Å². The highest BCUT2D eigenvalue weighted by Gasteiger charge is 2.37. The van der Waals surface area contributed by atoms with Gasteiger partial charge in [0.2, 0.25) is 10.6 Å². The summed E-state index contributed by atoms with van der Waals surface area (Å²) in [6.07, 6.45) is 22.2. The second-order valence-electron chi connectivity index (χ2n) is 16.5. The Morgan fingerprint density at radius 1 is 0.586 bits per heavy atom. The van der Waals surface area contributed by atoms with E-state index in [2.05, 4.69) is 99.9 Å². The van der Waals surface area contributed by atoms with Crippen LogP contribution in [0.2, 0.25) is 10.6 Å². The van der Waals surface area contributed by atoms with Gasteiger partial charge in [0, 0.05) is 88.4 Å². The SMILES string of the molecule is C.C.C#CC[C@@H]1CCCN(c2nc(Cl)nc3c2CN(C2CCc4ccccc42)C3)C1.C#CC[C@@H]1CCCN(c2nc(Cl)nc3c2CN(C2CCc4ccccc42)C3)C1. The van der Waals surface area contributed by atoms with Gasteiger partial charge >= 0.3 is 0 Å². The molecule has 4 aromatic rings. The first-order valence-electron chi connectivity index (χ1n) is 20.6. The fourth-order valence-electron chi connectivity index (χ4n) is 10.4. The summed E-state index contributed by atoms with van der Waals surface area (Å²) in [6, 6.07) is 18.6. The molecular formula is C48H58Cl2N8. The van der Waals surface area contributed by atoms with Gasteiger partial charge in [-0.25, -0.2) is 19.9 Å². The molecule has 2 aromatic carbocycles. The Labute approximate surface area is 356 Å². The van der Waals surface area contributed by atoms with Crippen LogP contribution < -0.4 is 9.80 Å². The zero-order valence-electron chi connectivity index (χ0n) is 32.1. The van der Waals surface area contributed by atoms with E-state index in [0.717, 1.165) is 114 Å². The van der Waals surface area contributed by atoms with E-state index in [-0.39, 0.29) is 14.9 Å². The van der Waals surface area contributed by atoms with Crippen LogP contribution >= 0.6 is 23.2 Å². The molecule has 2 aliphatic carbocycles. The van der Waals surface area contributed by atoms with E-state index in [1.54, 1.807) is 0 Å². The van der Waals surface area contributed by atoms with Crippen molar-refractivity contribution < 1.29 is 0 Å². The van der Waals surface area contributed by atoms with E-state index in [1.165, 1.54) is 59.1 Å². The first kappa shape index (κ1) is 42.0. The topological polar surface area (TPSA) is 64.5 Å². The average Bonchev–Trinajstić information content (AvgIpc) is 4.02. The molecule has 4 atom stereocenters. The summed E-state index contributed by atoms with van der Waals surface area (Å²) in [6.45, 7) is 7.48. The van der Waals surface area contributed by atoms with E-state index < -0.39 is 0 Å². The molecule has 10 rings (SSSR count). The zero-order valence-corrected chi connectivity index (χ0v) is 33.7. The standard InChI is InChI=1S/2C23H25ClN4.2CH4/c2*1-2-6-16-7-5-12-27(13-16)22-19-14-28(15-20(19)25-23(24)26-22)21-11-10-17-8-3-4-9-18(17)21;;/h2*1,3-4,8-9,16,21H,5-7,10-15H2;2*1H4/t2*16-,21?;;/m11../s1. The molecule has 2 saturated heterocycles. The van der Waals surface area contributed by atoms with Crippen molar-refractivity contribution in [1.82, 2.24) is 29.7 Å². The lowest BCUT2D eigenvalue weighted by Gasteiger charge is -2.34. The molecule has 2 aromatic heterocycles. The number of benzene rings is 2. The molecule has 0 bridgehead atoms. The van der Waals surface area contributed by atoms with Gasteiger partial charge in [-0.1, -0.05) is 63.4 Å². The Balaban J connectivity index is 0.000000171. The summed E-state index contributed by atoms with van der Waals surface area (Å²) in [5.41, 5.74) is 10.6. The lowest BCUT2D eigenvalue weighted by Crippen LogP contribution is -2.36. The third-order valence-electron chi connectivity index (χ3n) is 13.0. The highest BCUT2D eigenvalue weighted by molar-refractivity contribution is 6.28. The Kier molecular flexibility index (Phi) is 13.3. The van der Waals surface area contributed by atoms with Crippen molar-refractivity contribution >= 4 is 34.8 Å². The molecular weight excluding hydrogens is 759 g/mol. The Morgan fingerprint density at radius 2 is 1.02 bits per heavy atom. The van der Waals surface area contributed by atoms with Crippen molar-refractivity contribution in [3.05, 3.63) is 104 Å². The summed E-state index contributed by atoms with van der Waals surface area (Å²) < 4.78 is 0. The minimum Gasteiger partial charge on any atom is -0.356 e. The third-order valence-corrected chi connectivity index (χ3v) is 13.4. The van der Waals surface area contributed by atoms with E-state index >= 15 is 0 Å². The molecule has 8 nitrogen and oxygen atoms in total. The molecule has 58 heavy (non-hydrogen) atoms. The normalized spacial score (nSPS) is 23.2. The van der Waals surface area contributed by atoms with Gasteiger partial charge in [0.1, 0.15) is 11.6 Å². The summed E-state index contributed by atoms with van der Waals surface area (Å²) >= 11 is 12.7. The predicted octanol–water partition coefficient (Wildman–Crippen LogP) is 10.0. The number of aromatic nitrogens is 4. The Hall–Kier alpha value is -4.18. The van der Waals surface area contributed by atoms with Crippen LogP contribution in [0.3, 0.4) is 0 Å². The number of piperidine rings is 2. The first-order chi connectivity index (χ1) is 27.4. The van der Waals surface area contributed by atoms with Gasteiger partial charge in [0.25, 0.3) is 0 Å². The Bertz CT molecular complexity index is 2020. The van der Waals surface area contributed by atoms with Crippen molar-refractivity contribution in [2.24, 2.45) is 11.8 Å². The van der Waals surface area contributed by atoms with Crippen LogP contribution in [-0.4, -0.2) is 55.9 Å². The molecule has 0 radical (unpaired) electrons. The number of halogens is 2. The predicted molar refractivity (Wildman–Crippen MR) is 238 cm³/mol. The number of anilines is 2. The van der Waals surface area contributed by atoms with E-state index in [9.17, 15) is 0 Å². The van der Waals surface area contributed by atoms with Gasteiger partial charge in [-0.3, -0.25) is 9.80 Å². The Morgan fingerprint density at radius 3 is 1.45 bits per heavy atom. The zero-order chi connectivity index (χ0) is 38.2. The maximum Gasteiger partial charge on any atom is 0.224 e. The van der Waals surface area contributed by atoms with Crippen molar-refractivity contribution in [3.63, 3.8) is 0 Å². The van der Waals surface area contributed by atoms with Crippen molar-refractivity contribution in [3.8, 4) is 24.7 Å². The fourth-order valence-corrected chi connectivity index (χ4v) is 10.8. The molecule has 0 amide bonds. The minimum atomic E-state index is 0. The monoisotopic (exact) mass is 816 g/mol. The number of aryl methyl sites for hydroxylation is 2. The van der Waals surface area contributed by atoms with Gasteiger partial charge in [-0.05, 0) is 109 Å². The molecule has 0 spiro atoms. The van der Waals surface area contributed by atoms with Gasteiger partial charge < -0.3 is 9.80 Å². The van der Waals surface area contributed by atoms with Crippen LogP contribution in [0, 0.1) is 36.5 Å². The summed E-state index contributed by atoms with van der Waals surface area (Å²) in [5, 5.41) is 0.725. The second-order valence-corrected chi connectivity index (χ2v) is 17.2. The van der Waals surface area contributed by atoms with E-state index in [4.69, 9.17) is 36.0 Å². The highest BCUT2D eigenvalue weighted by Crippen LogP contribution is 2.44. The van der Waals surface area contributed by atoms with Crippen LogP contribution in [0.25, 0.3) is 0 Å². The van der Waals surface area contributed by atoms with Crippen molar-refractivity contribution in [2.45, 2.75) is 117 Å². The quantitative estimate of drug-likeness (QED) is 0.141. The van der Waals surface area contributed by atoms with Gasteiger partial charge in [0.05, 0.1) is 11.4 Å². The number of nitrogens with zero attached hydrogens (tertiary/aromatic N) is 8. The molecule has 6 aliphatic rings. The second kappa shape index (κ2) is 18.4. The lowest BCUT2D eigenvalue weighted by atomic mass is 9.95. The van der Waals surface area contributed by atoms with Crippen LogP contribution in [-0.2, 0) is 39.0 Å². The van der Waals surface area contributed by atoms with E-state index in [1.807, 2.05) is 0 Å². The van der Waals surface area contributed by atoms with Gasteiger partial charge in [0.15, 0.2) is 0 Å². The van der Waals surface area contributed by atoms with Crippen LogP contribution in [0.5, 0.6) is 0 Å². The van der Waals surface area contributed by atoms with Crippen molar-refractivity contribution in [2.75, 3.05) is 36.0 Å². The maximum absolute atomic E-state index is 6.33. The molecule has 0 saturated carbocycles. The number of hydrogen-bond acceptors (Lipinski definition) is 8. The smallest absolute Gasteiger partial charge is 0.224 e. The molecule has 6 heterocycles. The van der Waals surface area contributed by atoms with Crippen molar-refractivity contribution in [1.29, 1.82) is 0 Å². The molecule has 2 fully saturated rings. The average molecular weight is 818 g/mol. The highest BCUT2D eigenvalue weighted by atomic mass is 35.5. The number of terminal acetylenes is 2. The van der Waals surface area contributed by atoms with E-state index in [0.29, 0.717) is 34.5 Å². The van der Waals surface area contributed by atoms with Gasteiger partial charge in [-0.15, -0.1) is 24.7 Å². The lowest BCUT2D eigenvalue weighted by molar-refractivity contribution is 0.199. The van der Waals surface area contributed by atoms with Crippen LogP contribution in [0.4, 0.5) is 11.6 Å². The largest absolute Gasteiger partial charge is 0.356 e. The van der Waals surface area contributed by atoms with Crippen LogP contribution in [0.15, 0.2) is 48.5 Å². The summed E-state index contributed by atoms with van der Waals surface area (Å²) in [7, 11) is 0. The molecule has 0 N–H and O–H groups in total. The number of rotatable bonds is 6. The molecule has 2 unspecified atom stereocenters. The number of hydrogen-bond donors (Lipinski definition) is 0. The fraction of sp³-hybridized carbons (Fsp3) is 0.500. The maximum atomic E-state index is 6.33. The van der Waals surface area contributed by atoms with Gasteiger partial charge in [-0.2, -0.15) is 0 Å². The number of fused-ring (bicyclic) bond motifs is 4. The summed E-state index contributed by atoms with van der Waals surface area (Å²) in [4.78, 5) is 28.4. The molecule has 304 valence electrons. The molecule has 10 heteroatoms. The first-order valence-corrected chi connectivity index (χ1v) is 21.3. The summed E-state index contributed by atoms with van der Waals surface area (Å²) in [5.74, 6) is 8.82. The minimum absolute atomic E-state index is 0.